The average molecular weight is 380 g/mol. The number of fused-ring (bicyclic) bond motifs is 5. The number of rotatable bonds is 0. The van der Waals surface area contributed by atoms with E-state index in [2.05, 4.69) is 50.6 Å². The molecular formula is C23H29N3O2. The first kappa shape index (κ1) is 17.8. The summed E-state index contributed by atoms with van der Waals surface area (Å²) >= 11 is 0. The van der Waals surface area contributed by atoms with Crippen LogP contribution in [-0.4, -0.2) is 43.8 Å². The third kappa shape index (κ3) is 1.74. The molecule has 3 aliphatic heterocycles. The molecule has 4 atom stereocenters. The van der Waals surface area contributed by atoms with E-state index in [4.69, 9.17) is 0 Å². The van der Waals surface area contributed by atoms with Crippen LogP contribution in [0, 0.1) is 6.92 Å². The van der Waals surface area contributed by atoms with Gasteiger partial charge < -0.3 is 14.4 Å². The van der Waals surface area contributed by atoms with Gasteiger partial charge in [0.2, 0.25) is 11.8 Å². The Balaban J connectivity index is 1.81. The van der Waals surface area contributed by atoms with Crippen LogP contribution in [0.15, 0.2) is 18.2 Å². The molecule has 3 unspecified atom stereocenters. The van der Waals surface area contributed by atoms with Crippen molar-refractivity contribution in [2.75, 3.05) is 6.54 Å². The van der Waals surface area contributed by atoms with Gasteiger partial charge >= 0.3 is 0 Å². The minimum absolute atomic E-state index is 0.0632. The van der Waals surface area contributed by atoms with Crippen LogP contribution < -0.4 is 0 Å². The summed E-state index contributed by atoms with van der Waals surface area (Å²) in [6.45, 7) is 11.0. The summed E-state index contributed by atoms with van der Waals surface area (Å²) in [5.74, 6) is 0.159. The predicted molar refractivity (Wildman–Crippen MR) is 109 cm³/mol. The summed E-state index contributed by atoms with van der Waals surface area (Å²) in [6.07, 6.45) is 1.65. The van der Waals surface area contributed by atoms with Crippen LogP contribution in [-0.2, 0) is 16.6 Å². The zero-order chi connectivity index (χ0) is 20.2. The van der Waals surface area contributed by atoms with Crippen molar-refractivity contribution in [2.45, 2.75) is 70.5 Å². The van der Waals surface area contributed by atoms with E-state index in [0.29, 0.717) is 6.54 Å². The molecule has 2 saturated heterocycles. The number of benzene rings is 1. The lowest BCUT2D eigenvalue weighted by Crippen LogP contribution is -2.75. The molecule has 0 spiro atoms. The lowest BCUT2D eigenvalue weighted by molar-refractivity contribution is -0.181. The van der Waals surface area contributed by atoms with Crippen molar-refractivity contribution in [2.24, 2.45) is 7.05 Å². The average Bonchev–Trinajstić information content (AvgIpc) is 3.18. The van der Waals surface area contributed by atoms with Crippen molar-refractivity contribution in [1.29, 1.82) is 0 Å². The Hall–Kier alpha value is -2.30. The van der Waals surface area contributed by atoms with E-state index in [1.54, 1.807) is 0 Å². The highest BCUT2D eigenvalue weighted by Crippen LogP contribution is 2.54. The summed E-state index contributed by atoms with van der Waals surface area (Å²) < 4.78 is 2.24. The van der Waals surface area contributed by atoms with Crippen LogP contribution in [0.1, 0.15) is 69.3 Å². The van der Waals surface area contributed by atoms with Crippen LogP contribution in [0.4, 0.5) is 0 Å². The van der Waals surface area contributed by atoms with E-state index < -0.39 is 11.1 Å². The molecule has 1 aromatic heterocycles. The molecule has 5 rings (SSSR count). The molecule has 2 aromatic rings. The third-order valence-electron chi connectivity index (χ3n) is 8.00. The highest BCUT2D eigenvalue weighted by molar-refractivity contribution is 6.04. The number of aryl methyl sites for hydroxylation is 2. The summed E-state index contributed by atoms with van der Waals surface area (Å²) in [7, 11) is 2.09. The molecule has 2 amide bonds. The Morgan fingerprint density at radius 3 is 2.54 bits per heavy atom. The Bertz CT molecular complexity index is 1050. The number of carbonyl (C=O) groups excluding carboxylic acids is 2. The first-order valence-corrected chi connectivity index (χ1v) is 10.4. The molecule has 0 radical (unpaired) electrons. The van der Waals surface area contributed by atoms with Gasteiger partial charge in [-0.15, -0.1) is 0 Å². The summed E-state index contributed by atoms with van der Waals surface area (Å²) in [6, 6.07) is 6.39. The SMILES string of the molecule is Cc1ccc2c3c(n(C)c2c1)[C@@H](C)N1C(=O)C2(C)CCCN2C(=O)C1(C)C3C. The number of hydrogen-bond acceptors (Lipinski definition) is 2. The van der Waals surface area contributed by atoms with E-state index in [9.17, 15) is 9.59 Å². The number of hydrogen-bond donors (Lipinski definition) is 0. The largest absolute Gasteiger partial charge is 0.346 e. The minimum atomic E-state index is -0.841. The van der Waals surface area contributed by atoms with Crippen LogP contribution in [0.3, 0.4) is 0 Å². The first-order valence-electron chi connectivity index (χ1n) is 10.4. The first-order chi connectivity index (χ1) is 13.1. The van der Waals surface area contributed by atoms with Crippen molar-refractivity contribution < 1.29 is 9.59 Å². The zero-order valence-electron chi connectivity index (χ0n) is 17.7. The Kier molecular flexibility index (Phi) is 3.30. The fourth-order valence-corrected chi connectivity index (χ4v) is 6.29. The quantitative estimate of drug-likeness (QED) is 0.701. The highest BCUT2D eigenvalue weighted by Gasteiger charge is 2.65. The fourth-order valence-electron chi connectivity index (χ4n) is 6.29. The maximum absolute atomic E-state index is 13.8. The summed E-state index contributed by atoms with van der Waals surface area (Å²) in [5, 5.41) is 1.21. The van der Waals surface area contributed by atoms with E-state index in [-0.39, 0.29) is 23.8 Å². The fraction of sp³-hybridized carbons (Fsp3) is 0.565. The van der Waals surface area contributed by atoms with Gasteiger partial charge in [-0.2, -0.15) is 0 Å². The minimum Gasteiger partial charge on any atom is -0.346 e. The van der Waals surface area contributed by atoms with Gasteiger partial charge in [-0.3, -0.25) is 9.59 Å². The Labute approximate surface area is 166 Å². The highest BCUT2D eigenvalue weighted by atomic mass is 16.2. The molecule has 4 heterocycles. The number of piperazine rings is 1. The van der Waals surface area contributed by atoms with Gasteiger partial charge in [0, 0.05) is 36.1 Å². The van der Waals surface area contributed by atoms with Crippen molar-refractivity contribution in [3.63, 3.8) is 0 Å². The number of aromatic nitrogens is 1. The lowest BCUT2D eigenvalue weighted by Gasteiger charge is -2.59. The molecule has 148 valence electrons. The monoisotopic (exact) mass is 379 g/mol. The maximum Gasteiger partial charge on any atom is 0.249 e. The molecule has 1 aromatic carbocycles. The van der Waals surface area contributed by atoms with Crippen molar-refractivity contribution in [3.05, 3.63) is 35.0 Å². The number of amides is 2. The zero-order valence-corrected chi connectivity index (χ0v) is 17.7. The van der Waals surface area contributed by atoms with Crippen molar-refractivity contribution in [1.82, 2.24) is 14.4 Å². The number of carbonyl (C=O) groups is 2. The van der Waals surface area contributed by atoms with Crippen molar-refractivity contribution >= 4 is 22.7 Å². The van der Waals surface area contributed by atoms with Gasteiger partial charge in [0.05, 0.1) is 6.04 Å². The van der Waals surface area contributed by atoms with Crippen LogP contribution in [0.5, 0.6) is 0 Å². The molecule has 3 aliphatic rings. The molecule has 5 nitrogen and oxygen atoms in total. The Morgan fingerprint density at radius 2 is 1.82 bits per heavy atom. The van der Waals surface area contributed by atoms with Crippen molar-refractivity contribution in [3.8, 4) is 0 Å². The van der Waals surface area contributed by atoms with Gasteiger partial charge in [-0.05, 0) is 57.7 Å². The molecule has 0 aliphatic carbocycles. The summed E-state index contributed by atoms with van der Waals surface area (Å²) in [4.78, 5) is 31.4. The van der Waals surface area contributed by atoms with E-state index in [0.717, 1.165) is 12.8 Å². The molecule has 28 heavy (non-hydrogen) atoms. The molecule has 5 heteroatoms. The maximum atomic E-state index is 13.8. The van der Waals surface area contributed by atoms with Gasteiger partial charge in [0.1, 0.15) is 11.1 Å². The van der Waals surface area contributed by atoms with Crippen LogP contribution >= 0.6 is 0 Å². The van der Waals surface area contributed by atoms with Gasteiger partial charge in [0.25, 0.3) is 0 Å². The van der Waals surface area contributed by atoms with Gasteiger partial charge in [-0.25, -0.2) is 0 Å². The van der Waals surface area contributed by atoms with E-state index >= 15 is 0 Å². The molecular weight excluding hydrogens is 350 g/mol. The Morgan fingerprint density at radius 1 is 1.11 bits per heavy atom. The van der Waals surface area contributed by atoms with Gasteiger partial charge in [-0.1, -0.05) is 19.1 Å². The standard InChI is InChI=1S/C23H29N3O2/c1-13-8-9-16-17(12-13)24(6)19-15(3)26-20(27)22(4)10-7-11-25(22)21(28)23(26,5)14(2)18(16)19/h8-9,12,14-15H,7,10-11H2,1-6H3/t14?,15-,22?,23?/m1/s1. The van der Waals surface area contributed by atoms with Crippen LogP contribution in [0.2, 0.25) is 0 Å². The smallest absolute Gasteiger partial charge is 0.249 e. The van der Waals surface area contributed by atoms with Crippen LogP contribution in [0.25, 0.3) is 10.9 Å². The second kappa shape index (κ2) is 5.19. The normalized spacial score (nSPS) is 34.6. The predicted octanol–water partition coefficient (Wildman–Crippen LogP) is 3.65. The topological polar surface area (TPSA) is 45.6 Å². The van der Waals surface area contributed by atoms with E-state index in [1.807, 2.05) is 23.6 Å². The summed E-state index contributed by atoms with van der Waals surface area (Å²) in [5.41, 5.74) is 3.26. The second-order valence-corrected chi connectivity index (χ2v) is 9.43. The van der Waals surface area contributed by atoms with E-state index in [1.165, 1.54) is 27.7 Å². The third-order valence-corrected chi connectivity index (χ3v) is 8.00. The number of nitrogens with zero attached hydrogens (tertiary/aromatic N) is 3. The van der Waals surface area contributed by atoms with Gasteiger partial charge in [0.15, 0.2) is 0 Å². The molecule has 0 N–H and O–H groups in total. The molecule has 0 saturated carbocycles. The lowest BCUT2D eigenvalue weighted by atomic mass is 9.70. The molecule has 2 fully saturated rings. The second-order valence-electron chi connectivity index (χ2n) is 9.43. The molecule has 0 bridgehead atoms.